The molecule has 0 saturated carbocycles. The van der Waals surface area contributed by atoms with Crippen molar-refractivity contribution in [3.63, 3.8) is 0 Å². The lowest BCUT2D eigenvalue weighted by Crippen LogP contribution is -1.59. The van der Waals surface area contributed by atoms with Crippen molar-refractivity contribution < 1.29 is 1.37 Å². The monoisotopic (exact) mass is 100 g/mol. The smallest absolute Gasteiger partial charge is 0.0960 e. The van der Waals surface area contributed by atoms with Gasteiger partial charge in [0.25, 0.3) is 0 Å². The summed E-state index contributed by atoms with van der Waals surface area (Å²) in [7, 11) is 0. The van der Waals surface area contributed by atoms with Gasteiger partial charge in [-0.3, -0.25) is 4.98 Å². The highest BCUT2D eigenvalue weighted by atomic mass is 32.1. The lowest BCUT2D eigenvalue weighted by Gasteiger charge is -1.64. The molecule has 32 valence electrons. The molecule has 0 N–H and O–H groups in total. The largest absolute Gasteiger partial charge is 0.250 e. The van der Waals surface area contributed by atoms with Gasteiger partial charge in [-0.05, 0) is 6.92 Å². The molecule has 2 heteroatoms. The molecule has 0 amide bonds. The van der Waals surface area contributed by atoms with Crippen LogP contribution in [0.15, 0.2) is 10.9 Å². The first kappa shape index (κ1) is 2.75. The van der Waals surface area contributed by atoms with Gasteiger partial charge in [-0.25, -0.2) is 0 Å². The van der Waals surface area contributed by atoms with E-state index in [2.05, 4.69) is 4.98 Å². The summed E-state index contributed by atoms with van der Waals surface area (Å²) in [4.78, 5) is 3.80. The summed E-state index contributed by atoms with van der Waals surface area (Å²) in [5, 5.41) is 1.86. The van der Waals surface area contributed by atoms with Crippen molar-refractivity contribution in [1.82, 2.24) is 4.98 Å². The van der Waals surface area contributed by atoms with Gasteiger partial charge in [-0.15, -0.1) is 11.3 Å². The van der Waals surface area contributed by atoms with Crippen LogP contribution in [0, 0.1) is 6.92 Å². The third-order valence-corrected chi connectivity index (χ3v) is 1.16. The van der Waals surface area contributed by atoms with Crippen LogP contribution in [0.1, 0.15) is 7.06 Å². The van der Waals surface area contributed by atoms with E-state index >= 15 is 0 Å². The Balaban J connectivity index is 3.04. The third-order valence-electron chi connectivity index (χ3n) is 0.504. The predicted molar refractivity (Wildman–Crippen MR) is 26.9 cm³/mol. The standard InChI is InChI=1S/C4H5NS/c1-4-2-6-3-5-4/h2-3H,1H3/i3D. The summed E-state index contributed by atoms with van der Waals surface area (Å²) in [5.74, 6) is 0. The Morgan fingerprint density at radius 1 is 2.17 bits per heavy atom. The summed E-state index contributed by atoms with van der Waals surface area (Å²) < 4.78 is 6.92. The van der Waals surface area contributed by atoms with Crippen molar-refractivity contribution in [2.24, 2.45) is 0 Å². The number of hydrogen-bond acceptors (Lipinski definition) is 2. The second-order valence-corrected chi connectivity index (χ2v) is 1.73. The van der Waals surface area contributed by atoms with Crippen LogP contribution in [-0.4, -0.2) is 4.98 Å². The zero-order valence-electron chi connectivity index (χ0n) is 4.43. The number of rotatable bonds is 0. The first-order chi connectivity index (χ1) is 3.29. The van der Waals surface area contributed by atoms with Crippen molar-refractivity contribution in [3.8, 4) is 0 Å². The van der Waals surface area contributed by atoms with E-state index in [1.54, 1.807) is 0 Å². The summed E-state index contributed by atoms with van der Waals surface area (Å²) >= 11 is 1.36. The van der Waals surface area contributed by atoms with Gasteiger partial charge in [0.15, 0.2) is 0 Å². The average Bonchev–Trinajstić information content (AvgIpc) is 1.87. The number of hydrogen-bond donors (Lipinski definition) is 0. The van der Waals surface area contributed by atoms with Gasteiger partial charge in [-0.2, -0.15) is 0 Å². The van der Waals surface area contributed by atoms with Crippen LogP contribution < -0.4 is 0 Å². The first-order valence-electron chi connectivity index (χ1n) is 2.18. The van der Waals surface area contributed by atoms with Gasteiger partial charge in [0.1, 0.15) is 0 Å². The van der Waals surface area contributed by atoms with E-state index in [4.69, 9.17) is 1.37 Å². The Labute approximate surface area is 42.1 Å². The van der Waals surface area contributed by atoms with Crippen LogP contribution in [0.5, 0.6) is 0 Å². The Morgan fingerprint density at radius 3 is 3.17 bits per heavy atom. The van der Waals surface area contributed by atoms with Crippen LogP contribution in [0.4, 0.5) is 0 Å². The van der Waals surface area contributed by atoms with Crippen molar-refractivity contribution in [1.29, 1.82) is 0 Å². The van der Waals surface area contributed by atoms with E-state index in [9.17, 15) is 0 Å². The van der Waals surface area contributed by atoms with Crippen LogP contribution in [0.2, 0.25) is 0 Å². The molecule has 0 radical (unpaired) electrons. The quantitative estimate of drug-likeness (QED) is 0.481. The molecular formula is C4H5NS. The van der Waals surface area contributed by atoms with Crippen LogP contribution in [0.25, 0.3) is 0 Å². The average molecular weight is 100 g/mol. The maximum absolute atomic E-state index is 6.92. The summed E-state index contributed by atoms with van der Waals surface area (Å²) in [6.45, 7) is 1.88. The van der Waals surface area contributed by atoms with Crippen molar-refractivity contribution in [2.45, 2.75) is 6.92 Å². The second kappa shape index (κ2) is 1.39. The Kier molecular flexibility index (Phi) is 0.635. The third kappa shape index (κ3) is 0.571. The van der Waals surface area contributed by atoms with Crippen LogP contribution in [0.3, 0.4) is 0 Å². The van der Waals surface area contributed by atoms with E-state index < -0.39 is 0 Å². The minimum absolute atomic E-state index is 0.400. The van der Waals surface area contributed by atoms with E-state index in [0.29, 0.717) is 5.49 Å². The molecule has 1 aromatic heterocycles. The maximum atomic E-state index is 6.92. The fourth-order valence-electron chi connectivity index (χ4n) is 0.236. The van der Waals surface area contributed by atoms with E-state index in [1.807, 2.05) is 12.3 Å². The van der Waals surface area contributed by atoms with E-state index in [1.165, 1.54) is 11.3 Å². The topological polar surface area (TPSA) is 12.9 Å². The lowest BCUT2D eigenvalue weighted by molar-refractivity contribution is 1.27. The molecule has 0 fully saturated rings. The number of nitrogens with zero attached hydrogens (tertiary/aromatic N) is 1. The van der Waals surface area contributed by atoms with Crippen molar-refractivity contribution >= 4 is 11.3 Å². The molecule has 0 unspecified atom stereocenters. The molecular weight excluding hydrogens is 94.1 g/mol. The Bertz CT molecular complexity index is 144. The number of aryl methyl sites for hydroxylation is 1. The molecule has 1 nitrogen and oxygen atoms in total. The minimum Gasteiger partial charge on any atom is -0.250 e. The molecule has 0 aliphatic heterocycles. The summed E-state index contributed by atoms with van der Waals surface area (Å²) in [6.07, 6.45) is 0. The Morgan fingerprint density at radius 2 is 3.00 bits per heavy atom. The Hall–Kier alpha value is -0.370. The van der Waals surface area contributed by atoms with Crippen molar-refractivity contribution in [2.75, 3.05) is 0 Å². The van der Waals surface area contributed by atoms with Gasteiger partial charge in [0.2, 0.25) is 0 Å². The number of thiazole rings is 1. The highest BCUT2D eigenvalue weighted by molar-refractivity contribution is 7.07. The molecule has 0 bridgehead atoms. The van der Waals surface area contributed by atoms with Crippen LogP contribution in [-0.2, 0) is 0 Å². The first-order valence-corrected chi connectivity index (χ1v) is 2.56. The van der Waals surface area contributed by atoms with Crippen LogP contribution >= 0.6 is 11.3 Å². The zero-order valence-corrected chi connectivity index (χ0v) is 4.25. The molecule has 1 heterocycles. The van der Waals surface area contributed by atoms with Gasteiger partial charge in [0.05, 0.1) is 6.86 Å². The summed E-state index contributed by atoms with van der Waals surface area (Å²) in [5.41, 5.74) is 1.34. The molecule has 1 aromatic rings. The zero-order chi connectivity index (χ0) is 5.28. The highest BCUT2D eigenvalue weighted by Crippen LogP contribution is 1.95. The van der Waals surface area contributed by atoms with Crippen molar-refractivity contribution in [3.05, 3.63) is 16.6 Å². The fourth-order valence-corrected chi connectivity index (χ4v) is 0.709. The molecule has 0 aromatic carbocycles. The SMILES string of the molecule is [2H]c1nc(C)cs1. The molecule has 6 heavy (non-hydrogen) atoms. The van der Waals surface area contributed by atoms with Gasteiger partial charge in [-0.1, -0.05) is 0 Å². The van der Waals surface area contributed by atoms with E-state index in [0.717, 1.165) is 5.69 Å². The summed E-state index contributed by atoms with van der Waals surface area (Å²) in [6, 6.07) is 0. The minimum atomic E-state index is 0.400. The highest BCUT2D eigenvalue weighted by Gasteiger charge is 1.76. The van der Waals surface area contributed by atoms with Gasteiger partial charge in [0, 0.05) is 11.1 Å². The molecule has 0 atom stereocenters. The molecule has 0 aliphatic rings. The number of aromatic nitrogens is 1. The van der Waals surface area contributed by atoms with Gasteiger partial charge < -0.3 is 0 Å². The molecule has 0 aliphatic carbocycles. The lowest BCUT2D eigenvalue weighted by atomic mass is 10.6. The molecule has 1 rings (SSSR count). The van der Waals surface area contributed by atoms with E-state index in [-0.39, 0.29) is 0 Å². The molecule has 0 spiro atoms. The maximum Gasteiger partial charge on any atom is 0.0960 e. The van der Waals surface area contributed by atoms with Gasteiger partial charge >= 0.3 is 0 Å². The molecule has 0 saturated heterocycles. The fraction of sp³-hybridized carbons (Fsp3) is 0.250. The second-order valence-electron chi connectivity index (χ2n) is 1.08. The predicted octanol–water partition coefficient (Wildman–Crippen LogP) is 1.45. The normalized spacial score (nSPS) is 11.2.